The van der Waals surface area contributed by atoms with Crippen LogP contribution in [0.5, 0.6) is 11.5 Å². The number of benzene rings is 3. The molecule has 2 N–H and O–H groups in total. The molecule has 9 heteroatoms. The zero-order valence-electron chi connectivity index (χ0n) is 18.8. The van der Waals surface area contributed by atoms with Crippen LogP contribution in [0.3, 0.4) is 0 Å². The summed E-state index contributed by atoms with van der Waals surface area (Å²) in [6, 6.07) is 19.8. The van der Waals surface area contributed by atoms with E-state index in [1.807, 2.05) is 28.8 Å². The lowest BCUT2D eigenvalue weighted by atomic mass is 10.2. The molecule has 3 aromatic carbocycles. The minimum absolute atomic E-state index is 0.113. The van der Waals surface area contributed by atoms with Crippen LogP contribution in [0.2, 0.25) is 5.02 Å². The van der Waals surface area contributed by atoms with Gasteiger partial charge in [0.2, 0.25) is 12.7 Å². The van der Waals surface area contributed by atoms with E-state index in [-0.39, 0.29) is 25.2 Å². The Morgan fingerprint density at radius 1 is 1.00 bits per heavy atom. The number of rotatable bonds is 8. The summed E-state index contributed by atoms with van der Waals surface area (Å²) >= 11 is 5.88. The number of halogens is 1. The van der Waals surface area contributed by atoms with Gasteiger partial charge in [0.05, 0.1) is 11.0 Å². The van der Waals surface area contributed by atoms with Gasteiger partial charge in [0.15, 0.2) is 11.5 Å². The maximum absolute atomic E-state index is 12.9. The summed E-state index contributed by atoms with van der Waals surface area (Å²) in [5, 5.41) is 6.42. The molecule has 0 bridgehead atoms. The average Bonchev–Trinajstić information content (AvgIpc) is 3.46. The zero-order chi connectivity index (χ0) is 24.2. The van der Waals surface area contributed by atoms with Crippen molar-refractivity contribution in [3.05, 3.63) is 83.1 Å². The number of imidazole rings is 1. The van der Waals surface area contributed by atoms with Gasteiger partial charge in [0.25, 0.3) is 5.91 Å². The highest BCUT2D eigenvalue weighted by Gasteiger charge is 2.17. The molecule has 35 heavy (non-hydrogen) atoms. The number of carbonyl (C=O) groups excluding carboxylic acids is 2. The number of para-hydroxylation sites is 2. The molecule has 0 aliphatic carbocycles. The molecule has 0 saturated carbocycles. The number of amides is 2. The molecule has 1 aliphatic rings. The highest BCUT2D eigenvalue weighted by Crippen LogP contribution is 2.34. The number of aromatic nitrogens is 2. The Morgan fingerprint density at radius 3 is 2.66 bits per heavy atom. The summed E-state index contributed by atoms with van der Waals surface area (Å²) in [7, 11) is 0. The Hall–Kier alpha value is -4.04. The molecule has 0 unspecified atom stereocenters. The summed E-state index contributed by atoms with van der Waals surface area (Å²) in [6.45, 7) is 0.771. The standard InChI is InChI=1S/C26H23ClN4O4/c27-18-9-7-17(8-10-18)26(33)28-13-3-6-24-30-20-4-1-2-5-21(20)31(24)15-25(32)29-19-11-12-22-23(14-19)35-16-34-22/h1-2,4-5,7-12,14H,3,6,13,15-16H2,(H,28,33)(H,29,32). The lowest BCUT2D eigenvalue weighted by Gasteiger charge is -2.11. The van der Waals surface area contributed by atoms with Gasteiger partial charge in [-0.3, -0.25) is 9.59 Å². The second-order valence-corrected chi connectivity index (χ2v) is 8.52. The third kappa shape index (κ3) is 5.22. The van der Waals surface area contributed by atoms with Gasteiger partial charge in [0.1, 0.15) is 12.4 Å². The highest BCUT2D eigenvalue weighted by molar-refractivity contribution is 6.30. The molecule has 0 spiro atoms. The molecule has 5 rings (SSSR count). The molecule has 0 radical (unpaired) electrons. The first-order chi connectivity index (χ1) is 17.1. The van der Waals surface area contributed by atoms with E-state index in [0.717, 1.165) is 16.9 Å². The molecule has 178 valence electrons. The number of anilines is 1. The summed E-state index contributed by atoms with van der Waals surface area (Å²) in [4.78, 5) is 29.9. The summed E-state index contributed by atoms with van der Waals surface area (Å²) < 4.78 is 12.6. The quantitative estimate of drug-likeness (QED) is 0.356. The van der Waals surface area contributed by atoms with E-state index < -0.39 is 0 Å². The first-order valence-corrected chi connectivity index (χ1v) is 11.6. The number of nitrogens with zero attached hydrogens (tertiary/aromatic N) is 2. The predicted octanol–water partition coefficient (Wildman–Crippen LogP) is 4.42. The van der Waals surface area contributed by atoms with Crippen molar-refractivity contribution < 1.29 is 19.1 Å². The van der Waals surface area contributed by atoms with Crippen molar-refractivity contribution in [2.45, 2.75) is 19.4 Å². The van der Waals surface area contributed by atoms with Crippen LogP contribution in [0.1, 0.15) is 22.6 Å². The van der Waals surface area contributed by atoms with Crippen LogP contribution in [0.4, 0.5) is 5.69 Å². The molecule has 4 aromatic rings. The fourth-order valence-electron chi connectivity index (χ4n) is 3.96. The van der Waals surface area contributed by atoms with Gasteiger partial charge in [-0.15, -0.1) is 0 Å². The van der Waals surface area contributed by atoms with Crippen molar-refractivity contribution in [2.24, 2.45) is 0 Å². The zero-order valence-corrected chi connectivity index (χ0v) is 19.5. The summed E-state index contributed by atoms with van der Waals surface area (Å²) in [5.41, 5.74) is 2.90. The number of aryl methyl sites for hydroxylation is 1. The number of nitrogens with one attached hydrogen (secondary N) is 2. The second kappa shape index (κ2) is 10.1. The molecule has 2 amide bonds. The minimum atomic E-state index is -0.177. The van der Waals surface area contributed by atoms with E-state index in [0.29, 0.717) is 47.2 Å². The number of hydrogen-bond acceptors (Lipinski definition) is 5. The fraction of sp³-hybridized carbons (Fsp3) is 0.192. The topological polar surface area (TPSA) is 94.5 Å². The number of ether oxygens (including phenoxy) is 2. The Kier molecular flexibility index (Phi) is 6.54. The molecule has 8 nitrogen and oxygen atoms in total. The Morgan fingerprint density at radius 2 is 1.80 bits per heavy atom. The Labute approximate surface area is 206 Å². The molecular formula is C26H23ClN4O4. The lowest BCUT2D eigenvalue weighted by Crippen LogP contribution is -2.25. The number of carbonyl (C=O) groups is 2. The smallest absolute Gasteiger partial charge is 0.251 e. The van der Waals surface area contributed by atoms with Crippen molar-refractivity contribution >= 4 is 40.1 Å². The minimum Gasteiger partial charge on any atom is -0.454 e. The fourth-order valence-corrected chi connectivity index (χ4v) is 4.09. The maximum atomic E-state index is 12.9. The molecule has 2 heterocycles. The van der Waals surface area contributed by atoms with Gasteiger partial charge in [-0.1, -0.05) is 23.7 Å². The molecular weight excluding hydrogens is 468 g/mol. The molecule has 1 aliphatic heterocycles. The predicted molar refractivity (Wildman–Crippen MR) is 133 cm³/mol. The van der Waals surface area contributed by atoms with Gasteiger partial charge in [-0.05, 0) is 55.0 Å². The van der Waals surface area contributed by atoms with E-state index in [9.17, 15) is 9.59 Å². The third-order valence-corrected chi connectivity index (χ3v) is 5.91. The van der Waals surface area contributed by atoms with Crippen LogP contribution in [0, 0.1) is 0 Å². The van der Waals surface area contributed by atoms with Crippen LogP contribution in [0.25, 0.3) is 11.0 Å². The number of hydrogen-bond donors (Lipinski definition) is 2. The van der Waals surface area contributed by atoms with Crippen molar-refractivity contribution in [1.82, 2.24) is 14.9 Å². The Bertz CT molecular complexity index is 1380. The van der Waals surface area contributed by atoms with Crippen molar-refractivity contribution in [1.29, 1.82) is 0 Å². The van der Waals surface area contributed by atoms with Crippen LogP contribution < -0.4 is 20.1 Å². The first kappa shape index (κ1) is 22.7. The molecule has 0 fully saturated rings. The van der Waals surface area contributed by atoms with Gasteiger partial charge in [-0.25, -0.2) is 4.98 Å². The van der Waals surface area contributed by atoms with E-state index >= 15 is 0 Å². The number of fused-ring (bicyclic) bond motifs is 2. The van der Waals surface area contributed by atoms with Crippen molar-refractivity contribution in [2.75, 3.05) is 18.7 Å². The lowest BCUT2D eigenvalue weighted by molar-refractivity contribution is -0.116. The van der Waals surface area contributed by atoms with Crippen molar-refractivity contribution in [3.63, 3.8) is 0 Å². The van der Waals surface area contributed by atoms with Crippen LogP contribution in [0.15, 0.2) is 66.7 Å². The van der Waals surface area contributed by atoms with Crippen LogP contribution in [-0.2, 0) is 17.8 Å². The van der Waals surface area contributed by atoms with Gasteiger partial charge < -0.3 is 24.7 Å². The van der Waals surface area contributed by atoms with E-state index in [4.69, 9.17) is 26.1 Å². The highest BCUT2D eigenvalue weighted by atomic mass is 35.5. The molecule has 1 aromatic heterocycles. The van der Waals surface area contributed by atoms with Gasteiger partial charge >= 0.3 is 0 Å². The van der Waals surface area contributed by atoms with E-state index in [1.165, 1.54) is 0 Å². The second-order valence-electron chi connectivity index (χ2n) is 8.09. The van der Waals surface area contributed by atoms with E-state index in [2.05, 4.69) is 10.6 Å². The SMILES string of the molecule is O=C(Cn1c(CCCNC(=O)c2ccc(Cl)cc2)nc2ccccc21)Nc1ccc2c(c1)OCO2. The van der Waals surface area contributed by atoms with E-state index in [1.54, 1.807) is 42.5 Å². The largest absolute Gasteiger partial charge is 0.454 e. The monoisotopic (exact) mass is 490 g/mol. The normalized spacial score (nSPS) is 12.0. The molecule has 0 saturated heterocycles. The summed E-state index contributed by atoms with van der Waals surface area (Å²) in [6.07, 6.45) is 1.28. The van der Waals surface area contributed by atoms with Crippen molar-refractivity contribution in [3.8, 4) is 11.5 Å². The Balaban J connectivity index is 1.23. The van der Waals surface area contributed by atoms with Crippen LogP contribution >= 0.6 is 11.6 Å². The van der Waals surface area contributed by atoms with Gasteiger partial charge in [0, 0.05) is 35.3 Å². The maximum Gasteiger partial charge on any atom is 0.251 e. The third-order valence-electron chi connectivity index (χ3n) is 5.66. The average molecular weight is 491 g/mol. The molecule has 0 atom stereocenters. The van der Waals surface area contributed by atoms with Gasteiger partial charge in [-0.2, -0.15) is 0 Å². The summed E-state index contributed by atoms with van der Waals surface area (Å²) in [5.74, 6) is 1.72. The van der Waals surface area contributed by atoms with Crippen LogP contribution in [-0.4, -0.2) is 34.7 Å². The first-order valence-electron chi connectivity index (χ1n) is 11.2.